The predicted molar refractivity (Wildman–Crippen MR) is 107 cm³/mol. The molecule has 0 unspecified atom stereocenters. The molecule has 3 aromatic rings. The first-order chi connectivity index (χ1) is 13.5. The molecule has 0 fully saturated rings. The lowest BCUT2D eigenvalue weighted by molar-refractivity contribution is -0.139. The lowest BCUT2D eigenvalue weighted by Gasteiger charge is -2.13. The van der Waals surface area contributed by atoms with Gasteiger partial charge in [0.1, 0.15) is 10.8 Å². The van der Waals surface area contributed by atoms with Crippen LogP contribution in [-0.4, -0.2) is 23.3 Å². The third-order valence-electron chi connectivity index (χ3n) is 4.16. The van der Waals surface area contributed by atoms with Crippen LogP contribution in [-0.2, 0) is 16.0 Å². The van der Waals surface area contributed by atoms with Gasteiger partial charge in [0.25, 0.3) is 0 Å². The van der Waals surface area contributed by atoms with E-state index >= 15 is 0 Å². The van der Waals surface area contributed by atoms with Crippen LogP contribution in [0.5, 0.6) is 0 Å². The fraction of sp³-hybridized carbons (Fsp3) is 0.190. The largest absolute Gasteiger partial charge is 0.347 e. The molecule has 3 rings (SSSR count). The van der Waals surface area contributed by atoms with Crippen LogP contribution in [0.1, 0.15) is 24.2 Å². The van der Waals surface area contributed by atoms with Crippen LogP contribution in [0.4, 0.5) is 4.39 Å². The quantitative estimate of drug-likeness (QED) is 0.626. The highest BCUT2D eigenvalue weighted by molar-refractivity contribution is 7.13. The summed E-state index contributed by atoms with van der Waals surface area (Å²) in [6, 6.07) is 15.3. The van der Waals surface area contributed by atoms with Crippen molar-refractivity contribution in [2.75, 3.05) is 6.54 Å². The van der Waals surface area contributed by atoms with E-state index in [-0.39, 0.29) is 11.9 Å². The summed E-state index contributed by atoms with van der Waals surface area (Å²) in [5.74, 6) is -1.62. The van der Waals surface area contributed by atoms with E-state index in [0.29, 0.717) is 13.0 Å². The lowest BCUT2D eigenvalue weighted by atomic mass is 10.1. The fourth-order valence-corrected chi connectivity index (χ4v) is 3.48. The van der Waals surface area contributed by atoms with Crippen molar-refractivity contribution in [3.8, 4) is 10.6 Å². The molecular formula is C21H20FN3O2S. The van der Waals surface area contributed by atoms with Crippen LogP contribution in [0.2, 0.25) is 0 Å². The van der Waals surface area contributed by atoms with Gasteiger partial charge >= 0.3 is 11.8 Å². The zero-order valence-corrected chi connectivity index (χ0v) is 16.1. The van der Waals surface area contributed by atoms with Crippen molar-refractivity contribution in [3.63, 3.8) is 0 Å². The highest BCUT2D eigenvalue weighted by Crippen LogP contribution is 2.23. The predicted octanol–water partition coefficient (Wildman–Crippen LogP) is 3.49. The average Bonchev–Trinajstić information content (AvgIpc) is 3.18. The molecule has 0 saturated carbocycles. The van der Waals surface area contributed by atoms with Gasteiger partial charge in [0.15, 0.2) is 0 Å². The summed E-state index contributed by atoms with van der Waals surface area (Å²) < 4.78 is 13.0. The first-order valence-corrected chi connectivity index (χ1v) is 9.75. The Morgan fingerprint density at radius 2 is 1.79 bits per heavy atom. The van der Waals surface area contributed by atoms with E-state index in [1.165, 1.54) is 23.5 Å². The Kier molecular flexibility index (Phi) is 6.49. The summed E-state index contributed by atoms with van der Waals surface area (Å²) in [5, 5.41) is 7.97. The van der Waals surface area contributed by atoms with E-state index in [4.69, 9.17) is 0 Å². The Morgan fingerprint density at radius 1 is 1.07 bits per heavy atom. The maximum Gasteiger partial charge on any atom is 0.309 e. The SMILES string of the molecule is C[C@H](NC(=O)C(=O)NCCc1csc(-c2ccc(F)cc2)n1)c1ccccc1. The standard InChI is InChI=1S/C21H20FN3O2S/c1-14(15-5-3-2-4-6-15)24-20(27)19(26)23-12-11-18-13-28-21(25-18)16-7-9-17(22)10-8-16/h2-10,13-14H,11-12H2,1H3,(H,23,26)(H,24,27)/t14-/m0/s1. The first-order valence-electron chi connectivity index (χ1n) is 8.87. The smallest absolute Gasteiger partial charge is 0.309 e. The molecule has 0 aliphatic rings. The average molecular weight is 397 g/mol. The van der Waals surface area contributed by atoms with Crippen LogP contribution >= 0.6 is 11.3 Å². The van der Waals surface area contributed by atoms with E-state index in [1.807, 2.05) is 42.6 Å². The number of amides is 2. The molecule has 1 atom stereocenters. The van der Waals surface area contributed by atoms with E-state index in [1.54, 1.807) is 12.1 Å². The molecule has 0 aliphatic heterocycles. The summed E-state index contributed by atoms with van der Waals surface area (Å²) in [6.07, 6.45) is 0.505. The van der Waals surface area contributed by atoms with Crippen LogP contribution in [0.15, 0.2) is 60.0 Å². The number of nitrogens with one attached hydrogen (secondary N) is 2. The van der Waals surface area contributed by atoms with Gasteiger partial charge in [0, 0.05) is 23.9 Å². The maximum absolute atomic E-state index is 13.0. The molecule has 2 N–H and O–H groups in total. The molecule has 1 aromatic heterocycles. The Labute approximate surface area is 166 Å². The van der Waals surface area contributed by atoms with Gasteiger partial charge in [-0.05, 0) is 36.8 Å². The molecule has 144 valence electrons. The van der Waals surface area contributed by atoms with Gasteiger partial charge in [0.2, 0.25) is 0 Å². The lowest BCUT2D eigenvalue weighted by Crippen LogP contribution is -2.41. The van der Waals surface area contributed by atoms with E-state index in [2.05, 4.69) is 15.6 Å². The molecule has 2 amide bonds. The zero-order valence-electron chi connectivity index (χ0n) is 15.3. The third-order valence-corrected chi connectivity index (χ3v) is 5.10. The Balaban J connectivity index is 1.46. The Hall–Kier alpha value is -3.06. The van der Waals surface area contributed by atoms with Gasteiger partial charge in [-0.2, -0.15) is 0 Å². The van der Waals surface area contributed by atoms with Crippen molar-refractivity contribution in [2.45, 2.75) is 19.4 Å². The van der Waals surface area contributed by atoms with Gasteiger partial charge in [0.05, 0.1) is 11.7 Å². The number of thiazole rings is 1. The number of benzene rings is 2. The van der Waals surface area contributed by atoms with E-state index in [9.17, 15) is 14.0 Å². The number of nitrogens with zero attached hydrogens (tertiary/aromatic N) is 1. The molecule has 0 spiro atoms. The molecule has 0 radical (unpaired) electrons. The molecule has 1 heterocycles. The molecule has 28 heavy (non-hydrogen) atoms. The zero-order chi connectivity index (χ0) is 19.9. The van der Waals surface area contributed by atoms with E-state index < -0.39 is 11.8 Å². The Morgan fingerprint density at radius 3 is 2.50 bits per heavy atom. The summed E-state index contributed by atoms with van der Waals surface area (Å²) >= 11 is 1.45. The highest BCUT2D eigenvalue weighted by atomic mass is 32.1. The minimum atomic E-state index is -0.670. The van der Waals surface area contributed by atoms with Gasteiger partial charge in [-0.15, -0.1) is 11.3 Å². The number of halogens is 1. The van der Waals surface area contributed by atoms with Crippen LogP contribution in [0.3, 0.4) is 0 Å². The number of carbonyl (C=O) groups excluding carboxylic acids is 2. The molecule has 2 aromatic carbocycles. The normalized spacial score (nSPS) is 11.6. The highest BCUT2D eigenvalue weighted by Gasteiger charge is 2.16. The van der Waals surface area contributed by atoms with Crippen LogP contribution in [0.25, 0.3) is 10.6 Å². The molecular weight excluding hydrogens is 377 g/mol. The molecule has 5 nitrogen and oxygen atoms in total. The molecule has 0 aliphatic carbocycles. The molecule has 0 saturated heterocycles. The van der Waals surface area contributed by atoms with Gasteiger partial charge in [-0.3, -0.25) is 9.59 Å². The second-order valence-electron chi connectivity index (χ2n) is 6.26. The van der Waals surface area contributed by atoms with Crippen molar-refractivity contribution in [1.82, 2.24) is 15.6 Å². The van der Waals surface area contributed by atoms with Crippen LogP contribution < -0.4 is 10.6 Å². The van der Waals surface area contributed by atoms with Gasteiger partial charge < -0.3 is 10.6 Å². The number of hydrogen-bond donors (Lipinski definition) is 2. The van der Waals surface area contributed by atoms with Gasteiger partial charge in [-0.1, -0.05) is 30.3 Å². The molecule has 0 bridgehead atoms. The minimum absolute atomic E-state index is 0.253. The van der Waals surface area contributed by atoms with Gasteiger partial charge in [-0.25, -0.2) is 9.37 Å². The second kappa shape index (κ2) is 9.23. The van der Waals surface area contributed by atoms with Crippen molar-refractivity contribution in [1.29, 1.82) is 0 Å². The number of rotatable bonds is 6. The van der Waals surface area contributed by atoms with Crippen molar-refractivity contribution < 1.29 is 14.0 Å². The fourth-order valence-electron chi connectivity index (χ4n) is 2.62. The summed E-state index contributed by atoms with van der Waals surface area (Å²) in [6.45, 7) is 2.13. The second-order valence-corrected chi connectivity index (χ2v) is 7.12. The Bertz CT molecular complexity index is 942. The van der Waals surface area contributed by atoms with Crippen molar-refractivity contribution >= 4 is 23.2 Å². The van der Waals surface area contributed by atoms with Crippen LogP contribution in [0, 0.1) is 5.82 Å². The number of aromatic nitrogens is 1. The maximum atomic E-state index is 13.0. The number of hydrogen-bond acceptors (Lipinski definition) is 4. The molecule has 7 heteroatoms. The number of carbonyl (C=O) groups is 2. The first kappa shape index (κ1) is 19.7. The monoisotopic (exact) mass is 397 g/mol. The topological polar surface area (TPSA) is 71.1 Å². The minimum Gasteiger partial charge on any atom is -0.347 e. The third kappa shape index (κ3) is 5.23. The summed E-state index contributed by atoms with van der Waals surface area (Å²) in [4.78, 5) is 28.5. The van der Waals surface area contributed by atoms with Crippen molar-refractivity contribution in [2.24, 2.45) is 0 Å². The summed E-state index contributed by atoms with van der Waals surface area (Å²) in [5.41, 5.74) is 2.58. The van der Waals surface area contributed by atoms with E-state index in [0.717, 1.165) is 21.8 Å². The van der Waals surface area contributed by atoms with Crippen molar-refractivity contribution in [3.05, 3.63) is 77.1 Å². The summed E-state index contributed by atoms with van der Waals surface area (Å²) in [7, 11) is 0.